The molecule has 1 heterocycles. The second-order valence-electron chi connectivity index (χ2n) is 3.92. The monoisotopic (exact) mass is 201 g/mol. The minimum Gasteiger partial charge on any atom is -0.398 e. The fraction of sp³-hybridized carbons (Fsp3) is 0.417. The maximum Gasteiger partial charge on any atom is 0.0635 e. The van der Waals surface area contributed by atoms with Crippen LogP contribution < -0.4 is 5.73 Å². The summed E-state index contributed by atoms with van der Waals surface area (Å²) in [5.41, 5.74) is 9.44. The summed E-state index contributed by atoms with van der Waals surface area (Å²) in [7, 11) is 0. The highest BCUT2D eigenvalue weighted by atomic mass is 15.1. The first-order valence-corrected chi connectivity index (χ1v) is 5.27. The van der Waals surface area contributed by atoms with Gasteiger partial charge >= 0.3 is 0 Å². The Kier molecular flexibility index (Phi) is 2.89. The Morgan fingerprint density at radius 2 is 2.33 bits per heavy atom. The van der Waals surface area contributed by atoms with E-state index in [2.05, 4.69) is 17.0 Å². The fourth-order valence-electron chi connectivity index (χ4n) is 2.06. The summed E-state index contributed by atoms with van der Waals surface area (Å²) in [6.45, 7) is 2.78. The van der Waals surface area contributed by atoms with Crippen LogP contribution in [0.4, 0.5) is 5.69 Å². The molecule has 3 nitrogen and oxygen atoms in total. The van der Waals surface area contributed by atoms with Crippen LogP contribution in [0, 0.1) is 11.3 Å². The molecule has 2 rings (SSSR count). The smallest absolute Gasteiger partial charge is 0.0635 e. The van der Waals surface area contributed by atoms with Gasteiger partial charge in [-0.25, -0.2) is 0 Å². The van der Waals surface area contributed by atoms with Gasteiger partial charge in [0, 0.05) is 31.7 Å². The van der Waals surface area contributed by atoms with Gasteiger partial charge in [0.05, 0.1) is 6.07 Å². The molecular formula is C12H15N3. The predicted molar refractivity (Wildman–Crippen MR) is 60.1 cm³/mol. The number of rotatable bonds is 2. The number of benzene rings is 1. The lowest BCUT2D eigenvalue weighted by Gasteiger charge is -2.28. The Morgan fingerprint density at radius 1 is 1.47 bits per heavy atom. The van der Waals surface area contributed by atoms with Crippen LogP contribution in [0.1, 0.15) is 17.5 Å². The third kappa shape index (κ3) is 2.11. The van der Waals surface area contributed by atoms with Gasteiger partial charge in [-0.2, -0.15) is 5.26 Å². The van der Waals surface area contributed by atoms with E-state index in [1.54, 1.807) is 0 Å². The molecule has 0 bridgehead atoms. The molecule has 0 aromatic heterocycles. The van der Waals surface area contributed by atoms with Crippen LogP contribution in [0.25, 0.3) is 0 Å². The van der Waals surface area contributed by atoms with Crippen molar-refractivity contribution in [1.29, 1.82) is 5.26 Å². The molecule has 0 saturated carbocycles. The third-order valence-electron chi connectivity index (χ3n) is 2.93. The van der Waals surface area contributed by atoms with Crippen molar-refractivity contribution in [3.05, 3.63) is 29.3 Å². The molecule has 1 aliphatic rings. The standard InChI is InChI=1S/C12H15N3/c13-6-2-7-15-8-5-10-3-1-4-12(14)11(10)9-15/h1,3-4H,2,5,7-9,14H2. The van der Waals surface area contributed by atoms with Crippen molar-refractivity contribution in [2.75, 3.05) is 18.8 Å². The minimum absolute atomic E-state index is 0.599. The average molecular weight is 201 g/mol. The number of nitrogens with zero attached hydrogens (tertiary/aromatic N) is 2. The first kappa shape index (κ1) is 10.0. The molecular weight excluding hydrogens is 186 g/mol. The molecule has 0 atom stereocenters. The normalized spacial score (nSPS) is 15.7. The molecule has 0 aliphatic carbocycles. The lowest BCUT2D eigenvalue weighted by atomic mass is 9.98. The van der Waals surface area contributed by atoms with Gasteiger partial charge in [0.25, 0.3) is 0 Å². The van der Waals surface area contributed by atoms with Gasteiger partial charge in [0.2, 0.25) is 0 Å². The molecule has 1 aliphatic heterocycles. The van der Waals surface area contributed by atoms with E-state index in [0.717, 1.165) is 31.7 Å². The Morgan fingerprint density at radius 3 is 3.13 bits per heavy atom. The van der Waals surface area contributed by atoms with Gasteiger partial charge in [-0.1, -0.05) is 12.1 Å². The summed E-state index contributed by atoms with van der Waals surface area (Å²) in [5, 5.41) is 8.55. The van der Waals surface area contributed by atoms with E-state index in [0.29, 0.717) is 6.42 Å². The topological polar surface area (TPSA) is 53.0 Å². The number of anilines is 1. The number of hydrogen-bond donors (Lipinski definition) is 1. The average Bonchev–Trinajstić information content (AvgIpc) is 2.27. The lowest BCUT2D eigenvalue weighted by molar-refractivity contribution is 0.260. The zero-order chi connectivity index (χ0) is 10.7. The quantitative estimate of drug-likeness (QED) is 0.738. The molecule has 0 amide bonds. The Balaban J connectivity index is 2.12. The van der Waals surface area contributed by atoms with Crippen molar-refractivity contribution in [2.45, 2.75) is 19.4 Å². The molecule has 0 saturated heterocycles. The largest absolute Gasteiger partial charge is 0.398 e. The number of fused-ring (bicyclic) bond motifs is 1. The lowest BCUT2D eigenvalue weighted by Crippen LogP contribution is -2.31. The summed E-state index contributed by atoms with van der Waals surface area (Å²) >= 11 is 0. The van der Waals surface area contributed by atoms with Crippen LogP contribution in [0.15, 0.2) is 18.2 Å². The molecule has 78 valence electrons. The molecule has 0 spiro atoms. The molecule has 2 N–H and O–H groups in total. The van der Waals surface area contributed by atoms with Crippen LogP contribution in [0.2, 0.25) is 0 Å². The van der Waals surface area contributed by atoms with Crippen LogP contribution in [-0.4, -0.2) is 18.0 Å². The molecule has 0 unspecified atom stereocenters. The number of nitrogens with two attached hydrogens (primary N) is 1. The van der Waals surface area contributed by atoms with Gasteiger partial charge in [-0.15, -0.1) is 0 Å². The van der Waals surface area contributed by atoms with E-state index in [4.69, 9.17) is 11.0 Å². The van der Waals surface area contributed by atoms with Crippen molar-refractivity contribution in [3.63, 3.8) is 0 Å². The van der Waals surface area contributed by atoms with E-state index in [1.165, 1.54) is 11.1 Å². The summed E-state index contributed by atoms with van der Waals surface area (Å²) in [4.78, 5) is 2.29. The number of nitrogen functional groups attached to an aromatic ring is 1. The van der Waals surface area contributed by atoms with E-state index >= 15 is 0 Å². The maximum absolute atomic E-state index is 8.55. The molecule has 0 fully saturated rings. The zero-order valence-corrected chi connectivity index (χ0v) is 8.74. The van der Waals surface area contributed by atoms with Crippen LogP contribution in [-0.2, 0) is 13.0 Å². The van der Waals surface area contributed by atoms with Gasteiger partial charge < -0.3 is 5.73 Å². The Bertz CT molecular complexity index is 392. The minimum atomic E-state index is 0.599. The van der Waals surface area contributed by atoms with Crippen molar-refractivity contribution in [3.8, 4) is 6.07 Å². The van der Waals surface area contributed by atoms with Gasteiger partial charge in [-0.05, 0) is 23.6 Å². The van der Waals surface area contributed by atoms with Crippen molar-refractivity contribution >= 4 is 5.69 Å². The number of hydrogen-bond acceptors (Lipinski definition) is 3. The van der Waals surface area contributed by atoms with E-state index in [-0.39, 0.29) is 0 Å². The molecule has 0 radical (unpaired) electrons. The first-order chi connectivity index (χ1) is 7.31. The van der Waals surface area contributed by atoms with E-state index in [1.807, 2.05) is 12.1 Å². The zero-order valence-electron chi connectivity index (χ0n) is 8.74. The first-order valence-electron chi connectivity index (χ1n) is 5.27. The van der Waals surface area contributed by atoms with E-state index < -0.39 is 0 Å². The second-order valence-corrected chi connectivity index (χ2v) is 3.92. The van der Waals surface area contributed by atoms with Crippen molar-refractivity contribution in [1.82, 2.24) is 4.90 Å². The number of nitriles is 1. The molecule has 1 aromatic carbocycles. The van der Waals surface area contributed by atoms with Crippen LogP contribution >= 0.6 is 0 Å². The molecule has 1 aromatic rings. The summed E-state index contributed by atoms with van der Waals surface area (Å²) in [6, 6.07) is 8.29. The van der Waals surface area contributed by atoms with Crippen molar-refractivity contribution < 1.29 is 0 Å². The summed E-state index contributed by atoms with van der Waals surface area (Å²) in [6.07, 6.45) is 1.65. The van der Waals surface area contributed by atoms with Crippen LogP contribution in [0.3, 0.4) is 0 Å². The highest BCUT2D eigenvalue weighted by Gasteiger charge is 2.17. The van der Waals surface area contributed by atoms with Gasteiger partial charge in [-0.3, -0.25) is 4.90 Å². The SMILES string of the molecule is N#CCCN1CCc2cccc(N)c2C1. The molecule has 15 heavy (non-hydrogen) atoms. The summed E-state index contributed by atoms with van der Waals surface area (Å²) < 4.78 is 0. The van der Waals surface area contributed by atoms with Crippen molar-refractivity contribution in [2.24, 2.45) is 0 Å². The highest BCUT2D eigenvalue weighted by molar-refractivity contribution is 5.51. The summed E-state index contributed by atoms with van der Waals surface area (Å²) in [5.74, 6) is 0. The van der Waals surface area contributed by atoms with Gasteiger partial charge in [0.15, 0.2) is 0 Å². The third-order valence-corrected chi connectivity index (χ3v) is 2.93. The van der Waals surface area contributed by atoms with Crippen LogP contribution in [0.5, 0.6) is 0 Å². The maximum atomic E-state index is 8.55. The highest BCUT2D eigenvalue weighted by Crippen LogP contribution is 2.23. The molecule has 3 heteroatoms. The predicted octanol–water partition coefficient (Wildman–Crippen LogP) is 1.54. The Labute approximate surface area is 90.1 Å². The van der Waals surface area contributed by atoms with Gasteiger partial charge in [0.1, 0.15) is 0 Å². The Hall–Kier alpha value is -1.53. The fourth-order valence-corrected chi connectivity index (χ4v) is 2.06. The van der Waals surface area contributed by atoms with E-state index in [9.17, 15) is 0 Å². The second kappa shape index (κ2) is 4.33.